The molecule has 5 rings (SSSR count). The minimum atomic E-state index is -0.501. The zero-order chi connectivity index (χ0) is 26.1. The Morgan fingerprint density at radius 3 is 2.76 bits per heavy atom. The topological polar surface area (TPSA) is 113 Å². The average molecular weight is 521 g/mol. The van der Waals surface area contributed by atoms with E-state index in [1.807, 2.05) is 51.1 Å². The smallest absolute Gasteiger partial charge is 0.283 e. The summed E-state index contributed by atoms with van der Waals surface area (Å²) in [6, 6.07) is 9.77. The number of ether oxygens (including phenoxy) is 2. The van der Waals surface area contributed by atoms with Crippen LogP contribution in [0.5, 0.6) is 5.75 Å². The van der Waals surface area contributed by atoms with Crippen LogP contribution in [-0.4, -0.2) is 75.2 Å². The van der Waals surface area contributed by atoms with Gasteiger partial charge < -0.3 is 18.9 Å². The lowest BCUT2D eigenvalue weighted by atomic mass is 10.1. The molecular formula is C26H28N6O4S. The SMILES string of the molecule is CCOc1ccccc1-n1c(C)cc(C=C2C(=N)N3N=C(CC(=O)N4CCOCC4)SC3=NC2=O)c1C. The third-order valence-corrected chi connectivity index (χ3v) is 7.25. The number of fused-ring (bicyclic) bond motifs is 1. The standard InChI is InChI=1S/C26H28N6O4S/c1-4-36-21-8-6-5-7-20(21)31-16(2)13-18(17(31)3)14-19-24(27)32-26(28-25(19)34)37-22(29-32)15-23(33)30-9-11-35-12-10-30/h5-8,13-14,27H,4,9-12,15H2,1-3H3. The largest absolute Gasteiger partial charge is 0.492 e. The molecule has 0 bridgehead atoms. The van der Waals surface area contributed by atoms with Crippen molar-refractivity contribution >= 4 is 45.7 Å². The first-order valence-electron chi connectivity index (χ1n) is 12.1. The minimum absolute atomic E-state index is 0.0524. The predicted octanol–water partition coefficient (Wildman–Crippen LogP) is 3.36. The molecule has 0 unspecified atom stereocenters. The van der Waals surface area contributed by atoms with Crippen LogP contribution in [0, 0.1) is 19.3 Å². The minimum Gasteiger partial charge on any atom is -0.492 e. The lowest BCUT2D eigenvalue weighted by molar-refractivity contribution is -0.133. The summed E-state index contributed by atoms with van der Waals surface area (Å²) in [6.07, 6.45) is 1.78. The van der Waals surface area contributed by atoms with E-state index in [4.69, 9.17) is 14.9 Å². The van der Waals surface area contributed by atoms with Crippen LogP contribution in [0.4, 0.5) is 0 Å². The highest BCUT2D eigenvalue weighted by molar-refractivity contribution is 8.27. The highest BCUT2D eigenvalue weighted by Gasteiger charge is 2.36. The van der Waals surface area contributed by atoms with Crippen molar-refractivity contribution in [3.05, 3.63) is 52.9 Å². The van der Waals surface area contributed by atoms with Crippen molar-refractivity contribution in [2.75, 3.05) is 32.9 Å². The number of amides is 2. The van der Waals surface area contributed by atoms with Gasteiger partial charge >= 0.3 is 0 Å². The second-order valence-electron chi connectivity index (χ2n) is 8.75. The first kappa shape index (κ1) is 25.0. The van der Waals surface area contributed by atoms with Gasteiger partial charge in [-0.1, -0.05) is 12.1 Å². The fraction of sp³-hybridized carbons (Fsp3) is 0.346. The van der Waals surface area contributed by atoms with Crippen LogP contribution in [0.25, 0.3) is 11.8 Å². The molecule has 0 saturated carbocycles. The summed E-state index contributed by atoms with van der Waals surface area (Å²) in [7, 11) is 0. The fourth-order valence-corrected chi connectivity index (χ4v) is 5.41. The van der Waals surface area contributed by atoms with Gasteiger partial charge in [0.15, 0.2) is 5.84 Å². The lowest BCUT2D eigenvalue weighted by Crippen LogP contribution is -2.41. The number of nitrogens with zero attached hydrogens (tertiary/aromatic N) is 5. The maximum absolute atomic E-state index is 12.9. The Kier molecular flexibility index (Phi) is 6.98. The Hall–Kier alpha value is -3.70. The fourth-order valence-electron chi connectivity index (χ4n) is 4.54. The average Bonchev–Trinajstić information content (AvgIpc) is 3.42. The van der Waals surface area contributed by atoms with Crippen LogP contribution >= 0.6 is 11.8 Å². The molecule has 11 heteroatoms. The number of nitrogens with one attached hydrogen (secondary N) is 1. The highest BCUT2D eigenvalue weighted by atomic mass is 32.2. The number of para-hydroxylation sites is 2. The molecule has 1 aromatic carbocycles. The van der Waals surface area contributed by atoms with Gasteiger partial charge in [0.2, 0.25) is 11.1 Å². The summed E-state index contributed by atoms with van der Waals surface area (Å²) >= 11 is 1.16. The van der Waals surface area contributed by atoms with Crippen LogP contribution in [0.15, 0.2) is 46.0 Å². The molecule has 1 fully saturated rings. The number of hydrogen-bond acceptors (Lipinski definition) is 7. The molecule has 1 saturated heterocycles. The summed E-state index contributed by atoms with van der Waals surface area (Å²) in [5, 5.41) is 15.3. The summed E-state index contributed by atoms with van der Waals surface area (Å²) < 4.78 is 13.2. The number of carbonyl (C=O) groups excluding carboxylic acids is 2. The van der Waals surface area contributed by atoms with Crippen molar-refractivity contribution in [1.82, 2.24) is 14.5 Å². The van der Waals surface area contributed by atoms with Gasteiger partial charge in [-0.25, -0.2) is 0 Å². The molecule has 10 nitrogen and oxygen atoms in total. The summed E-state index contributed by atoms with van der Waals surface area (Å²) in [5.41, 5.74) is 3.73. The summed E-state index contributed by atoms with van der Waals surface area (Å²) in [6.45, 7) is 8.60. The summed E-state index contributed by atoms with van der Waals surface area (Å²) in [4.78, 5) is 31.5. The first-order chi connectivity index (χ1) is 17.9. The van der Waals surface area contributed by atoms with E-state index >= 15 is 0 Å². The molecule has 0 aliphatic carbocycles. The Labute approximate surface area is 219 Å². The van der Waals surface area contributed by atoms with Crippen LogP contribution in [-0.2, 0) is 14.3 Å². The molecular weight excluding hydrogens is 492 g/mol. The second kappa shape index (κ2) is 10.3. The third kappa shape index (κ3) is 4.84. The molecule has 4 heterocycles. The van der Waals surface area contributed by atoms with Crippen molar-refractivity contribution < 1.29 is 19.1 Å². The number of carbonyl (C=O) groups is 2. The van der Waals surface area contributed by atoms with Crippen LogP contribution < -0.4 is 4.74 Å². The highest BCUT2D eigenvalue weighted by Crippen LogP contribution is 2.32. The Bertz CT molecular complexity index is 1370. The molecule has 2 amide bonds. The van der Waals surface area contributed by atoms with Crippen molar-refractivity contribution in [1.29, 1.82) is 5.41 Å². The Morgan fingerprint density at radius 1 is 1.24 bits per heavy atom. The van der Waals surface area contributed by atoms with E-state index in [-0.39, 0.29) is 23.7 Å². The molecule has 1 N–H and O–H groups in total. The molecule has 1 aromatic heterocycles. The number of morpholine rings is 1. The van der Waals surface area contributed by atoms with E-state index in [1.54, 1.807) is 11.0 Å². The quantitative estimate of drug-likeness (QED) is 0.585. The number of rotatable bonds is 6. The number of hydrogen-bond donors (Lipinski definition) is 1. The van der Waals surface area contributed by atoms with E-state index in [0.29, 0.717) is 43.1 Å². The first-order valence-corrected chi connectivity index (χ1v) is 12.9. The molecule has 37 heavy (non-hydrogen) atoms. The van der Waals surface area contributed by atoms with Crippen molar-refractivity contribution in [3.63, 3.8) is 0 Å². The number of aliphatic imine (C=N–C) groups is 1. The molecule has 0 radical (unpaired) electrons. The number of thioether (sulfide) groups is 1. The summed E-state index contributed by atoms with van der Waals surface area (Å²) in [5.74, 6) is 0.155. The van der Waals surface area contributed by atoms with Gasteiger partial charge in [-0.05, 0) is 62.4 Å². The Morgan fingerprint density at radius 2 is 2.00 bits per heavy atom. The number of aromatic nitrogens is 1. The van der Waals surface area contributed by atoms with Gasteiger partial charge in [-0.2, -0.15) is 15.1 Å². The normalized spacial score (nSPS) is 18.7. The van der Waals surface area contributed by atoms with Crippen LogP contribution in [0.2, 0.25) is 0 Å². The van der Waals surface area contributed by atoms with E-state index < -0.39 is 5.91 Å². The monoisotopic (exact) mass is 520 g/mol. The van der Waals surface area contributed by atoms with Crippen LogP contribution in [0.1, 0.15) is 30.3 Å². The van der Waals surface area contributed by atoms with E-state index in [2.05, 4.69) is 14.7 Å². The molecule has 192 valence electrons. The van der Waals surface area contributed by atoms with E-state index in [0.717, 1.165) is 40.2 Å². The molecule has 0 spiro atoms. The van der Waals surface area contributed by atoms with E-state index in [9.17, 15) is 9.59 Å². The lowest BCUT2D eigenvalue weighted by Gasteiger charge is -2.26. The van der Waals surface area contributed by atoms with Gasteiger partial charge in [0, 0.05) is 24.5 Å². The molecule has 2 aromatic rings. The van der Waals surface area contributed by atoms with Gasteiger partial charge in [0.05, 0.1) is 37.5 Å². The maximum Gasteiger partial charge on any atom is 0.283 e. The molecule has 3 aliphatic heterocycles. The number of hydrazone groups is 1. The molecule has 3 aliphatic rings. The van der Waals surface area contributed by atoms with Gasteiger partial charge in [-0.15, -0.1) is 0 Å². The zero-order valence-electron chi connectivity index (χ0n) is 21.0. The maximum atomic E-state index is 12.9. The van der Waals surface area contributed by atoms with Crippen LogP contribution in [0.3, 0.4) is 0 Å². The number of benzene rings is 1. The van der Waals surface area contributed by atoms with Gasteiger partial charge in [0.25, 0.3) is 5.91 Å². The second-order valence-corrected chi connectivity index (χ2v) is 9.79. The van der Waals surface area contributed by atoms with Crippen molar-refractivity contribution in [2.24, 2.45) is 10.1 Å². The molecule has 0 atom stereocenters. The predicted molar refractivity (Wildman–Crippen MR) is 143 cm³/mol. The zero-order valence-corrected chi connectivity index (χ0v) is 21.8. The number of aryl methyl sites for hydroxylation is 1. The Balaban J connectivity index is 1.41. The van der Waals surface area contributed by atoms with Gasteiger partial charge in [0.1, 0.15) is 10.8 Å². The van der Waals surface area contributed by atoms with Gasteiger partial charge in [-0.3, -0.25) is 15.0 Å². The number of amidine groups is 2. The third-order valence-electron chi connectivity index (χ3n) is 6.34. The van der Waals surface area contributed by atoms with Crippen molar-refractivity contribution in [2.45, 2.75) is 27.2 Å². The van der Waals surface area contributed by atoms with E-state index in [1.165, 1.54) is 5.01 Å². The van der Waals surface area contributed by atoms with Crippen molar-refractivity contribution in [3.8, 4) is 11.4 Å².